The molecule has 0 atom stereocenters. The Balaban J connectivity index is 0.000000399. The zero-order chi connectivity index (χ0) is 18.4. The summed E-state index contributed by atoms with van der Waals surface area (Å²) in [5.41, 5.74) is 7.90. The molecule has 0 aromatic heterocycles. The molecule has 0 spiro atoms. The van der Waals surface area contributed by atoms with Crippen LogP contribution in [0.3, 0.4) is 0 Å². The van der Waals surface area contributed by atoms with Crippen molar-refractivity contribution in [3.8, 4) is 22.3 Å². The normalized spacial score (nSPS) is 10.8. The van der Waals surface area contributed by atoms with Crippen molar-refractivity contribution in [2.24, 2.45) is 0 Å². The van der Waals surface area contributed by atoms with Gasteiger partial charge in [-0.25, -0.2) is 4.57 Å². The summed E-state index contributed by atoms with van der Waals surface area (Å²) < 4.78 is 8.88. The van der Waals surface area contributed by atoms with E-state index in [1.165, 1.54) is 33.4 Å². The second-order valence-corrected chi connectivity index (χ2v) is 6.70. The van der Waals surface area contributed by atoms with E-state index in [1.807, 2.05) is 0 Å². The number of aryl methyl sites for hydroxylation is 1. The number of rotatable bonds is 2. The second-order valence-electron chi connectivity index (χ2n) is 5.68. The third-order valence-corrected chi connectivity index (χ3v) is 3.88. The van der Waals surface area contributed by atoms with Crippen molar-refractivity contribution in [1.29, 1.82) is 0 Å². The molecule has 3 rings (SSSR count). The van der Waals surface area contributed by atoms with Crippen LogP contribution in [-0.2, 0) is 4.57 Å². The Hall–Kier alpha value is -2.23. The third kappa shape index (κ3) is 5.66. The maximum absolute atomic E-state index is 8.88. The topological polar surface area (TPSA) is 77.8 Å². The van der Waals surface area contributed by atoms with Crippen LogP contribution in [0, 0.1) is 13.8 Å². The van der Waals surface area contributed by atoms with E-state index < -0.39 is 7.82 Å². The van der Waals surface area contributed by atoms with E-state index in [0.29, 0.717) is 0 Å². The van der Waals surface area contributed by atoms with Crippen molar-refractivity contribution in [2.45, 2.75) is 13.8 Å². The lowest BCUT2D eigenvalue weighted by atomic mass is 9.89. The molecule has 0 fully saturated rings. The molecule has 0 saturated carbocycles. The molecule has 3 aromatic carbocycles. The maximum atomic E-state index is 8.88. The van der Waals surface area contributed by atoms with Crippen LogP contribution in [0.4, 0.5) is 0 Å². The molecule has 0 radical (unpaired) electrons. The van der Waals surface area contributed by atoms with Gasteiger partial charge in [0.1, 0.15) is 0 Å². The molecule has 0 heterocycles. The Morgan fingerprint density at radius 2 is 1.12 bits per heavy atom. The highest BCUT2D eigenvalue weighted by molar-refractivity contribution is 7.45. The average Bonchev–Trinajstić information content (AvgIpc) is 2.57. The molecular formula is C20H21O4P. The minimum Gasteiger partial charge on any atom is -0.303 e. The second kappa shape index (κ2) is 8.24. The highest BCUT2D eigenvalue weighted by Gasteiger charge is 2.11. The average molecular weight is 356 g/mol. The first-order valence-corrected chi connectivity index (χ1v) is 9.33. The lowest BCUT2D eigenvalue weighted by molar-refractivity contribution is 0.275. The Morgan fingerprint density at radius 3 is 1.60 bits per heavy atom. The summed E-state index contributed by atoms with van der Waals surface area (Å²) in [6.45, 7) is 4.39. The number of benzene rings is 3. The van der Waals surface area contributed by atoms with Gasteiger partial charge in [0.2, 0.25) is 0 Å². The van der Waals surface area contributed by atoms with E-state index in [4.69, 9.17) is 19.2 Å². The minimum absolute atomic E-state index is 1.27. The van der Waals surface area contributed by atoms with Crippen LogP contribution in [0.25, 0.3) is 22.3 Å². The van der Waals surface area contributed by atoms with Crippen LogP contribution in [0.2, 0.25) is 0 Å². The lowest BCUT2D eigenvalue weighted by Crippen LogP contribution is -1.92. The smallest absolute Gasteiger partial charge is 0.303 e. The van der Waals surface area contributed by atoms with Crippen molar-refractivity contribution < 1.29 is 19.2 Å². The summed E-state index contributed by atoms with van der Waals surface area (Å²) in [6, 6.07) is 25.7. The van der Waals surface area contributed by atoms with Gasteiger partial charge in [0.25, 0.3) is 0 Å². The van der Waals surface area contributed by atoms with E-state index in [-0.39, 0.29) is 0 Å². The summed E-state index contributed by atoms with van der Waals surface area (Å²) in [5.74, 6) is 0. The van der Waals surface area contributed by atoms with Crippen LogP contribution in [0.5, 0.6) is 0 Å². The van der Waals surface area contributed by atoms with Crippen molar-refractivity contribution in [3.05, 3.63) is 83.9 Å². The fraction of sp³-hybridized carbons (Fsp3) is 0.100. The Morgan fingerprint density at radius 1 is 0.680 bits per heavy atom. The molecule has 0 bridgehead atoms. The predicted octanol–water partition coefficient (Wildman–Crippen LogP) is 4.71. The van der Waals surface area contributed by atoms with Crippen LogP contribution < -0.4 is 0 Å². The molecule has 3 N–H and O–H groups in total. The first kappa shape index (κ1) is 19.1. The molecule has 0 amide bonds. The molecule has 0 unspecified atom stereocenters. The highest BCUT2D eigenvalue weighted by Crippen LogP contribution is 2.35. The van der Waals surface area contributed by atoms with Crippen molar-refractivity contribution >= 4 is 7.82 Å². The SMILES string of the molecule is Cc1ccc(-c2ccccc2)c(-c2ccccc2)c1C.O=P(O)(O)O. The molecule has 5 heteroatoms. The van der Waals surface area contributed by atoms with Gasteiger partial charge in [-0.1, -0.05) is 72.8 Å². The van der Waals surface area contributed by atoms with Gasteiger partial charge in [0, 0.05) is 0 Å². The van der Waals surface area contributed by atoms with Gasteiger partial charge in [-0.15, -0.1) is 0 Å². The van der Waals surface area contributed by atoms with E-state index in [1.54, 1.807) is 0 Å². The van der Waals surface area contributed by atoms with Gasteiger partial charge in [0.05, 0.1) is 0 Å². The Bertz CT molecular complexity index is 863. The van der Waals surface area contributed by atoms with Crippen molar-refractivity contribution in [1.82, 2.24) is 0 Å². The molecule has 3 aromatic rings. The summed E-state index contributed by atoms with van der Waals surface area (Å²) in [5, 5.41) is 0. The molecule has 25 heavy (non-hydrogen) atoms. The summed E-state index contributed by atoms with van der Waals surface area (Å²) in [6.07, 6.45) is 0. The van der Waals surface area contributed by atoms with Gasteiger partial charge in [-0.3, -0.25) is 0 Å². The molecule has 0 aliphatic carbocycles. The van der Waals surface area contributed by atoms with E-state index in [0.717, 1.165) is 0 Å². The van der Waals surface area contributed by atoms with Gasteiger partial charge < -0.3 is 14.7 Å². The Labute approximate surface area is 147 Å². The molecule has 0 aliphatic heterocycles. The van der Waals surface area contributed by atoms with E-state index >= 15 is 0 Å². The van der Waals surface area contributed by atoms with E-state index in [9.17, 15) is 0 Å². The number of hydrogen-bond acceptors (Lipinski definition) is 1. The zero-order valence-corrected chi connectivity index (χ0v) is 15.0. The first-order valence-electron chi connectivity index (χ1n) is 7.76. The van der Waals surface area contributed by atoms with Gasteiger partial charge in [-0.05, 0) is 47.2 Å². The maximum Gasteiger partial charge on any atom is 0.466 e. The van der Waals surface area contributed by atoms with Gasteiger partial charge in [0.15, 0.2) is 0 Å². The highest BCUT2D eigenvalue weighted by atomic mass is 31.2. The largest absolute Gasteiger partial charge is 0.466 e. The number of hydrogen-bond donors (Lipinski definition) is 3. The molecular weight excluding hydrogens is 335 g/mol. The summed E-state index contributed by atoms with van der Waals surface area (Å²) in [4.78, 5) is 21.6. The fourth-order valence-corrected chi connectivity index (χ4v) is 2.65. The standard InChI is InChI=1S/C20H18.H3O4P/c1-15-13-14-19(17-9-5-3-6-10-17)20(16(15)2)18-11-7-4-8-12-18;1-5(2,3)4/h3-14H,1-2H3;(H3,1,2,3,4). The summed E-state index contributed by atoms with van der Waals surface area (Å²) in [7, 11) is -4.64. The van der Waals surface area contributed by atoms with Crippen molar-refractivity contribution in [3.63, 3.8) is 0 Å². The van der Waals surface area contributed by atoms with Gasteiger partial charge >= 0.3 is 7.82 Å². The van der Waals surface area contributed by atoms with Crippen LogP contribution in [-0.4, -0.2) is 14.7 Å². The van der Waals surface area contributed by atoms with Crippen LogP contribution >= 0.6 is 7.82 Å². The molecule has 0 saturated heterocycles. The minimum atomic E-state index is -4.64. The number of phosphoric acid groups is 1. The first-order chi connectivity index (χ1) is 11.8. The van der Waals surface area contributed by atoms with Crippen molar-refractivity contribution in [2.75, 3.05) is 0 Å². The predicted molar refractivity (Wildman–Crippen MR) is 101 cm³/mol. The molecule has 4 nitrogen and oxygen atoms in total. The molecule has 130 valence electrons. The summed E-state index contributed by atoms with van der Waals surface area (Å²) >= 11 is 0. The van der Waals surface area contributed by atoms with Gasteiger partial charge in [-0.2, -0.15) is 0 Å². The fourth-order valence-electron chi connectivity index (χ4n) is 2.65. The zero-order valence-electron chi connectivity index (χ0n) is 14.1. The monoisotopic (exact) mass is 356 g/mol. The molecule has 0 aliphatic rings. The Kier molecular flexibility index (Phi) is 6.29. The van der Waals surface area contributed by atoms with Crippen LogP contribution in [0.1, 0.15) is 11.1 Å². The van der Waals surface area contributed by atoms with E-state index in [2.05, 4.69) is 86.6 Å². The quantitative estimate of drug-likeness (QED) is 0.581. The third-order valence-electron chi connectivity index (χ3n) is 3.88. The van der Waals surface area contributed by atoms with Crippen LogP contribution in [0.15, 0.2) is 72.8 Å². The lowest BCUT2D eigenvalue weighted by Gasteiger charge is -2.15.